The fraction of sp³-hybridized carbons (Fsp3) is 0.333. The molecule has 1 rings (SSSR count). The van der Waals surface area contributed by atoms with Crippen molar-refractivity contribution in [3.05, 3.63) is 11.1 Å². The first-order valence-corrected chi connectivity index (χ1v) is 3.04. The van der Waals surface area contributed by atoms with Crippen LogP contribution in [0.15, 0.2) is 11.1 Å². The van der Waals surface area contributed by atoms with Crippen molar-refractivity contribution in [1.82, 2.24) is 9.95 Å². The number of nitrogens with zero attached hydrogens (tertiary/aromatic N) is 1. The first-order valence-electron chi connectivity index (χ1n) is 2.26. The number of nitrogens with one attached hydrogen (secondary N) is 1. The zero-order valence-electron chi connectivity index (χ0n) is 4.64. The van der Waals surface area contributed by atoms with E-state index in [-0.39, 0.29) is 0 Å². The van der Waals surface area contributed by atoms with Gasteiger partial charge in [0.05, 0.1) is 0 Å². The molecule has 0 fully saturated rings. The predicted octanol–water partition coefficient (Wildman–Crippen LogP) is 0.732. The number of rotatable bonds is 0. The Hall–Kier alpha value is -0.400. The van der Waals surface area contributed by atoms with Crippen LogP contribution in [0.25, 0.3) is 0 Å². The van der Waals surface area contributed by atoms with Gasteiger partial charge in [0.25, 0.3) is 0 Å². The number of nitrogens with two attached hydrogens (primary N) is 1. The van der Waals surface area contributed by atoms with E-state index in [9.17, 15) is 13.2 Å². The molecule has 0 aromatic rings. The van der Waals surface area contributed by atoms with Gasteiger partial charge in [-0.25, -0.2) is 5.84 Å². The van der Waals surface area contributed by atoms with E-state index in [1.807, 2.05) is 0 Å². The molecule has 1 aliphatic rings. The van der Waals surface area contributed by atoms with Crippen LogP contribution in [0.2, 0.25) is 0 Å². The molecule has 0 aliphatic carbocycles. The summed E-state index contributed by atoms with van der Waals surface area (Å²) in [5, 5.41) is 0. The maximum absolute atomic E-state index is 11.7. The van der Waals surface area contributed by atoms with Crippen molar-refractivity contribution in [2.24, 2.45) is 5.84 Å². The van der Waals surface area contributed by atoms with Crippen LogP contribution in [0.4, 0.5) is 13.2 Å². The molecule has 1 heterocycles. The summed E-state index contributed by atoms with van der Waals surface area (Å²) < 4.78 is 35.9. The van der Waals surface area contributed by atoms with Crippen molar-refractivity contribution < 1.29 is 13.2 Å². The van der Waals surface area contributed by atoms with E-state index < -0.39 is 11.1 Å². The first kappa shape index (κ1) is 7.70. The Bertz CT molecular complexity index is 165. The first-order chi connectivity index (χ1) is 4.50. The largest absolute Gasteiger partial charge is 0.425 e. The van der Waals surface area contributed by atoms with E-state index in [1.54, 1.807) is 0 Å². The van der Waals surface area contributed by atoms with E-state index in [1.165, 1.54) is 0 Å². The fourth-order valence-corrected chi connectivity index (χ4v) is 0.941. The number of alkyl halides is 3. The zero-order chi connectivity index (χ0) is 7.78. The normalized spacial score (nSPS) is 20.6. The number of hydrogen-bond acceptors (Lipinski definition) is 4. The molecule has 0 aromatic carbocycles. The third-order valence-corrected chi connectivity index (χ3v) is 1.65. The third kappa shape index (κ3) is 1.55. The second kappa shape index (κ2) is 2.33. The maximum Gasteiger partial charge on any atom is 0.425 e. The van der Waals surface area contributed by atoms with E-state index in [0.717, 1.165) is 10.7 Å². The van der Waals surface area contributed by atoms with Gasteiger partial charge in [-0.3, -0.25) is 0 Å². The molecule has 0 unspecified atom stereocenters. The number of hydrazine groups is 2. The third-order valence-electron chi connectivity index (χ3n) is 0.799. The fourth-order valence-electron chi connectivity index (χ4n) is 0.414. The summed E-state index contributed by atoms with van der Waals surface area (Å²) >= 11 is 0.409. The van der Waals surface area contributed by atoms with Crippen LogP contribution in [0.1, 0.15) is 0 Å². The average Bonchev–Trinajstić information content (AvgIpc) is 2.11. The van der Waals surface area contributed by atoms with Gasteiger partial charge >= 0.3 is 6.18 Å². The van der Waals surface area contributed by atoms with Crippen molar-refractivity contribution in [3.8, 4) is 0 Å². The average molecular weight is 171 g/mol. The monoisotopic (exact) mass is 171 g/mol. The minimum Gasteiger partial charge on any atom is -0.302 e. The van der Waals surface area contributed by atoms with Gasteiger partial charge in [0, 0.05) is 18.1 Å². The molecule has 10 heavy (non-hydrogen) atoms. The second-order valence-corrected chi connectivity index (χ2v) is 2.57. The summed E-state index contributed by atoms with van der Waals surface area (Å²) in [7, 11) is 0. The SMILES string of the molecule is NN1NC=C(C(F)(F)F)S1. The summed E-state index contributed by atoms with van der Waals surface area (Å²) in [6, 6.07) is 0. The topological polar surface area (TPSA) is 41.3 Å². The molecule has 3 N–H and O–H groups in total. The molecular formula is C3H4F3N3S. The van der Waals surface area contributed by atoms with Gasteiger partial charge in [-0.2, -0.15) is 13.2 Å². The second-order valence-electron chi connectivity index (χ2n) is 1.55. The van der Waals surface area contributed by atoms with Crippen LogP contribution in [0, 0.1) is 0 Å². The van der Waals surface area contributed by atoms with E-state index in [0.29, 0.717) is 11.9 Å². The van der Waals surface area contributed by atoms with Crippen LogP contribution in [-0.4, -0.2) is 10.7 Å². The van der Waals surface area contributed by atoms with Gasteiger partial charge in [-0.1, -0.05) is 4.52 Å². The van der Waals surface area contributed by atoms with Crippen LogP contribution in [0.3, 0.4) is 0 Å². The molecule has 0 amide bonds. The van der Waals surface area contributed by atoms with Gasteiger partial charge in [0.15, 0.2) is 0 Å². The lowest BCUT2D eigenvalue weighted by Crippen LogP contribution is -2.30. The molecule has 0 atom stereocenters. The minimum atomic E-state index is -4.30. The summed E-state index contributed by atoms with van der Waals surface area (Å²) in [6.45, 7) is 0. The lowest BCUT2D eigenvalue weighted by molar-refractivity contribution is -0.0836. The van der Waals surface area contributed by atoms with Crippen molar-refractivity contribution in [2.75, 3.05) is 0 Å². The minimum absolute atomic E-state index is 0.409. The summed E-state index contributed by atoms with van der Waals surface area (Å²) in [5.41, 5.74) is 2.17. The highest BCUT2D eigenvalue weighted by Crippen LogP contribution is 2.36. The Kier molecular flexibility index (Phi) is 1.80. The van der Waals surface area contributed by atoms with Gasteiger partial charge in [-0.15, -0.1) is 0 Å². The number of allylic oxidation sites excluding steroid dienone is 1. The maximum atomic E-state index is 11.7. The molecule has 0 bridgehead atoms. The quantitative estimate of drug-likeness (QED) is 0.416. The lowest BCUT2D eigenvalue weighted by atomic mass is 10.6. The zero-order valence-corrected chi connectivity index (χ0v) is 5.46. The van der Waals surface area contributed by atoms with Crippen LogP contribution in [0.5, 0.6) is 0 Å². The van der Waals surface area contributed by atoms with Crippen LogP contribution < -0.4 is 11.3 Å². The van der Waals surface area contributed by atoms with Crippen molar-refractivity contribution >= 4 is 11.9 Å². The van der Waals surface area contributed by atoms with Gasteiger partial charge in [-0.05, 0) is 0 Å². The molecule has 7 heteroatoms. The molecule has 0 aromatic heterocycles. The standard InChI is InChI=1S/C3H4F3N3S/c4-3(5,6)2-1-8-9(7)10-2/h1,8H,7H2. The van der Waals surface area contributed by atoms with Crippen molar-refractivity contribution in [2.45, 2.75) is 6.18 Å². The van der Waals surface area contributed by atoms with Gasteiger partial charge < -0.3 is 5.43 Å². The van der Waals surface area contributed by atoms with E-state index in [4.69, 9.17) is 5.84 Å². The number of hydrogen-bond donors (Lipinski definition) is 2. The summed E-state index contributed by atoms with van der Waals surface area (Å²) in [5.74, 6) is 4.95. The Labute approximate surface area is 59.1 Å². The molecule has 0 spiro atoms. The van der Waals surface area contributed by atoms with Crippen molar-refractivity contribution in [3.63, 3.8) is 0 Å². The smallest absolute Gasteiger partial charge is 0.302 e. The Morgan fingerprint density at radius 1 is 1.60 bits per heavy atom. The highest BCUT2D eigenvalue weighted by Gasteiger charge is 2.37. The lowest BCUT2D eigenvalue weighted by Gasteiger charge is -2.07. The Morgan fingerprint density at radius 2 is 2.20 bits per heavy atom. The molecule has 0 radical (unpaired) electrons. The molecule has 1 aliphatic heterocycles. The van der Waals surface area contributed by atoms with Gasteiger partial charge in [0.2, 0.25) is 0 Å². The number of halogens is 3. The van der Waals surface area contributed by atoms with E-state index >= 15 is 0 Å². The molecule has 58 valence electrons. The van der Waals surface area contributed by atoms with Crippen molar-refractivity contribution in [1.29, 1.82) is 0 Å². The molecule has 0 saturated carbocycles. The highest BCUT2D eigenvalue weighted by atomic mass is 32.2. The van der Waals surface area contributed by atoms with E-state index in [2.05, 4.69) is 5.43 Å². The Balaban J connectivity index is 2.60. The van der Waals surface area contributed by atoms with Gasteiger partial charge in [0.1, 0.15) is 4.91 Å². The predicted molar refractivity (Wildman–Crippen MR) is 30.9 cm³/mol. The molecule has 3 nitrogen and oxygen atoms in total. The molecule has 0 saturated heterocycles. The Morgan fingerprint density at radius 3 is 2.40 bits per heavy atom. The highest BCUT2D eigenvalue weighted by molar-refractivity contribution is 8.01. The van der Waals surface area contributed by atoms with Crippen LogP contribution in [-0.2, 0) is 0 Å². The molecular weight excluding hydrogens is 167 g/mol. The summed E-state index contributed by atoms with van der Waals surface area (Å²) in [4.78, 5) is -0.741. The van der Waals surface area contributed by atoms with Crippen LogP contribution >= 0.6 is 11.9 Å². The summed E-state index contributed by atoms with van der Waals surface area (Å²) in [6.07, 6.45) is -3.49.